The van der Waals surface area contributed by atoms with Crippen molar-refractivity contribution in [3.63, 3.8) is 0 Å². The molecule has 1 heterocycles. The Hall–Kier alpha value is -3.74. The van der Waals surface area contributed by atoms with Crippen LogP contribution in [-0.2, 0) is 4.74 Å². The Morgan fingerprint density at radius 1 is 1.03 bits per heavy atom. The van der Waals surface area contributed by atoms with Crippen LogP contribution in [0.1, 0.15) is 52.7 Å². The minimum Gasteiger partial charge on any atom is -0.451 e. The van der Waals surface area contributed by atoms with Crippen LogP contribution in [0, 0.1) is 10.1 Å². The lowest BCUT2D eigenvalue weighted by Gasteiger charge is -2.09. The summed E-state index contributed by atoms with van der Waals surface area (Å²) in [4.78, 5) is 34.7. The molecule has 0 bridgehead atoms. The molecule has 0 fully saturated rings. The molecule has 154 valence electrons. The van der Waals surface area contributed by atoms with Gasteiger partial charge in [-0.2, -0.15) is 0 Å². The molecule has 0 saturated carbocycles. The number of nitrogens with zero attached hydrogens (tertiary/aromatic N) is 1. The lowest BCUT2D eigenvalue weighted by atomic mass is 9.97. The summed E-state index contributed by atoms with van der Waals surface area (Å²) >= 11 is 0. The number of ether oxygens (including phenoxy) is 1. The third-order valence-electron chi connectivity index (χ3n) is 4.92. The maximum Gasteiger partial charge on any atom is 0.374 e. The Labute approximate surface area is 173 Å². The van der Waals surface area contributed by atoms with Gasteiger partial charge >= 0.3 is 5.97 Å². The number of benzene rings is 2. The van der Waals surface area contributed by atoms with E-state index in [-0.39, 0.29) is 17.2 Å². The molecular weight excluding hydrogens is 386 g/mol. The van der Waals surface area contributed by atoms with Crippen molar-refractivity contribution in [1.82, 2.24) is 0 Å². The van der Waals surface area contributed by atoms with E-state index >= 15 is 0 Å². The summed E-state index contributed by atoms with van der Waals surface area (Å²) in [7, 11) is 0. The molecule has 3 aromatic rings. The molecule has 30 heavy (non-hydrogen) atoms. The van der Waals surface area contributed by atoms with Crippen LogP contribution < -0.4 is 0 Å². The van der Waals surface area contributed by atoms with Crippen molar-refractivity contribution in [2.75, 3.05) is 6.61 Å². The van der Waals surface area contributed by atoms with Crippen molar-refractivity contribution in [3.8, 4) is 11.3 Å². The summed E-state index contributed by atoms with van der Waals surface area (Å²) in [5.74, 6) is -0.336. The predicted octanol–water partition coefficient (Wildman–Crippen LogP) is 5.41. The monoisotopic (exact) mass is 407 g/mol. The molecule has 7 heteroatoms. The topological polar surface area (TPSA) is 99.7 Å². The highest BCUT2D eigenvalue weighted by Gasteiger charge is 2.17. The fraction of sp³-hybridized carbons (Fsp3) is 0.217. The Morgan fingerprint density at radius 2 is 1.70 bits per heavy atom. The number of ketones is 1. The minimum atomic E-state index is -0.757. The molecule has 0 radical (unpaired) electrons. The number of Topliss-reactive ketones (excluding diaryl/α,β-unsaturated/α-hetero) is 1. The van der Waals surface area contributed by atoms with E-state index in [9.17, 15) is 19.7 Å². The highest BCUT2D eigenvalue weighted by molar-refractivity contribution is 5.99. The van der Waals surface area contributed by atoms with Crippen molar-refractivity contribution >= 4 is 17.4 Å². The zero-order valence-electron chi connectivity index (χ0n) is 16.7. The number of hydrogen-bond donors (Lipinski definition) is 0. The number of non-ortho nitro benzene ring substituents is 1. The minimum absolute atomic E-state index is 0.0411. The van der Waals surface area contributed by atoms with E-state index in [4.69, 9.17) is 9.15 Å². The first-order valence-electron chi connectivity index (χ1n) is 9.54. The standard InChI is InChI=1S/C23H21NO6/c1-3-15(2)16-4-6-17(7-5-16)20(25)14-29-23(26)22-13-12-21(30-22)18-8-10-19(11-9-18)24(27)28/h4-13,15H,3,14H2,1-2H3/t15-/m1/s1. The van der Waals surface area contributed by atoms with Gasteiger partial charge in [-0.15, -0.1) is 0 Å². The zero-order chi connectivity index (χ0) is 21.7. The molecular formula is C23H21NO6. The Morgan fingerprint density at radius 3 is 2.30 bits per heavy atom. The molecule has 0 saturated heterocycles. The number of hydrogen-bond acceptors (Lipinski definition) is 6. The number of esters is 1. The van der Waals surface area contributed by atoms with E-state index in [1.165, 1.54) is 30.3 Å². The number of nitro benzene ring substituents is 1. The van der Waals surface area contributed by atoms with E-state index in [2.05, 4.69) is 13.8 Å². The van der Waals surface area contributed by atoms with Crippen LogP contribution in [0.2, 0.25) is 0 Å². The number of rotatable bonds is 8. The van der Waals surface area contributed by atoms with Gasteiger partial charge in [0.1, 0.15) is 5.76 Å². The summed E-state index contributed by atoms with van der Waals surface area (Å²) in [6.07, 6.45) is 1.01. The third kappa shape index (κ3) is 4.81. The summed E-state index contributed by atoms with van der Waals surface area (Å²) in [5.41, 5.74) is 2.17. The first kappa shape index (κ1) is 21.0. The average Bonchev–Trinajstić information content (AvgIpc) is 3.27. The second-order valence-corrected chi connectivity index (χ2v) is 6.90. The molecule has 0 N–H and O–H groups in total. The van der Waals surface area contributed by atoms with Crippen molar-refractivity contribution in [3.05, 3.63) is 87.7 Å². The summed E-state index contributed by atoms with van der Waals surface area (Å²) in [5, 5.41) is 10.7. The Balaban J connectivity index is 1.60. The van der Waals surface area contributed by atoms with Gasteiger partial charge in [0, 0.05) is 23.3 Å². The predicted molar refractivity (Wildman–Crippen MR) is 111 cm³/mol. The van der Waals surface area contributed by atoms with Gasteiger partial charge in [0.05, 0.1) is 4.92 Å². The normalized spacial score (nSPS) is 11.7. The van der Waals surface area contributed by atoms with Gasteiger partial charge in [0.15, 0.2) is 12.4 Å². The largest absolute Gasteiger partial charge is 0.451 e. The van der Waals surface area contributed by atoms with Gasteiger partial charge in [-0.3, -0.25) is 14.9 Å². The zero-order valence-corrected chi connectivity index (χ0v) is 16.7. The van der Waals surface area contributed by atoms with Crippen molar-refractivity contribution in [2.24, 2.45) is 0 Å². The third-order valence-corrected chi connectivity index (χ3v) is 4.92. The number of nitro groups is 1. The Bertz CT molecular complexity index is 1050. The lowest BCUT2D eigenvalue weighted by Crippen LogP contribution is -2.14. The van der Waals surface area contributed by atoms with Crippen LogP contribution in [0.4, 0.5) is 5.69 Å². The van der Waals surface area contributed by atoms with Crippen LogP contribution in [0.25, 0.3) is 11.3 Å². The molecule has 2 aromatic carbocycles. The highest BCUT2D eigenvalue weighted by Crippen LogP contribution is 2.25. The van der Waals surface area contributed by atoms with E-state index in [0.29, 0.717) is 22.8 Å². The van der Waals surface area contributed by atoms with E-state index in [1.807, 2.05) is 12.1 Å². The smallest absolute Gasteiger partial charge is 0.374 e. The molecule has 1 atom stereocenters. The quantitative estimate of drug-likeness (QED) is 0.214. The van der Waals surface area contributed by atoms with Gasteiger partial charge in [0.25, 0.3) is 5.69 Å². The maximum atomic E-state index is 12.3. The van der Waals surface area contributed by atoms with Crippen molar-refractivity contribution < 1.29 is 23.7 Å². The van der Waals surface area contributed by atoms with E-state index < -0.39 is 17.5 Å². The van der Waals surface area contributed by atoms with Gasteiger partial charge in [0.2, 0.25) is 5.76 Å². The second-order valence-electron chi connectivity index (χ2n) is 6.90. The fourth-order valence-corrected chi connectivity index (χ4v) is 2.87. The number of carbonyl (C=O) groups is 2. The molecule has 0 aliphatic heterocycles. The van der Waals surface area contributed by atoms with Gasteiger partial charge in [-0.25, -0.2) is 4.79 Å². The first-order valence-corrected chi connectivity index (χ1v) is 9.54. The molecule has 0 aliphatic rings. The molecule has 1 aromatic heterocycles. The van der Waals surface area contributed by atoms with Crippen LogP contribution in [-0.4, -0.2) is 23.3 Å². The number of carbonyl (C=O) groups excluding carboxylic acids is 2. The van der Waals surface area contributed by atoms with Gasteiger partial charge in [-0.05, 0) is 42.2 Å². The van der Waals surface area contributed by atoms with Crippen molar-refractivity contribution in [2.45, 2.75) is 26.2 Å². The van der Waals surface area contributed by atoms with E-state index in [0.717, 1.165) is 12.0 Å². The molecule has 0 unspecified atom stereocenters. The second kappa shape index (κ2) is 9.17. The summed E-state index contributed by atoms with van der Waals surface area (Å²) in [6, 6.07) is 16.0. The van der Waals surface area contributed by atoms with E-state index in [1.54, 1.807) is 18.2 Å². The Kier molecular flexibility index (Phi) is 6.41. The summed E-state index contributed by atoms with van der Waals surface area (Å²) < 4.78 is 10.5. The van der Waals surface area contributed by atoms with Gasteiger partial charge < -0.3 is 9.15 Å². The summed E-state index contributed by atoms with van der Waals surface area (Å²) in [6.45, 7) is 3.83. The van der Waals surface area contributed by atoms with Crippen molar-refractivity contribution in [1.29, 1.82) is 0 Å². The molecule has 0 amide bonds. The fourth-order valence-electron chi connectivity index (χ4n) is 2.87. The maximum absolute atomic E-state index is 12.3. The van der Waals surface area contributed by atoms with Crippen LogP contribution in [0.5, 0.6) is 0 Å². The molecule has 0 aliphatic carbocycles. The number of furan rings is 1. The molecule has 0 spiro atoms. The van der Waals surface area contributed by atoms with Crippen LogP contribution in [0.15, 0.2) is 65.1 Å². The van der Waals surface area contributed by atoms with Crippen LogP contribution in [0.3, 0.4) is 0 Å². The molecule has 7 nitrogen and oxygen atoms in total. The molecule has 3 rings (SSSR count). The lowest BCUT2D eigenvalue weighted by molar-refractivity contribution is -0.384. The van der Waals surface area contributed by atoms with Crippen LogP contribution >= 0.6 is 0 Å². The van der Waals surface area contributed by atoms with Gasteiger partial charge in [-0.1, -0.05) is 38.1 Å². The SMILES string of the molecule is CC[C@@H](C)c1ccc(C(=O)COC(=O)c2ccc(-c3ccc([N+](=O)[O-])cc3)o2)cc1. The highest BCUT2D eigenvalue weighted by atomic mass is 16.6. The average molecular weight is 407 g/mol. The first-order chi connectivity index (χ1) is 14.4.